The summed E-state index contributed by atoms with van der Waals surface area (Å²) in [5, 5.41) is 2.74. The number of anilines is 1. The van der Waals surface area contributed by atoms with E-state index in [2.05, 4.69) is 15.3 Å². The number of imidazole rings is 1. The van der Waals surface area contributed by atoms with Crippen LogP contribution in [0, 0.1) is 6.92 Å². The number of nitrogens with zero attached hydrogens (tertiary/aromatic N) is 3. The molecule has 1 amide bonds. The third-order valence-electron chi connectivity index (χ3n) is 3.31. The molecule has 0 saturated heterocycles. The minimum Gasteiger partial charge on any atom is -0.496 e. The average Bonchev–Trinajstić information content (AvgIpc) is 2.92. The highest BCUT2D eigenvalue weighted by Crippen LogP contribution is 2.22. The summed E-state index contributed by atoms with van der Waals surface area (Å²) in [6.45, 7) is 1.89. The Labute approximate surface area is 132 Å². The molecule has 0 radical (unpaired) electrons. The molecule has 3 heterocycles. The maximum absolute atomic E-state index is 12.5. The van der Waals surface area contributed by atoms with Crippen molar-refractivity contribution in [3.8, 4) is 11.6 Å². The predicted molar refractivity (Wildman–Crippen MR) is 85.2 cm³/mol. The SMILES string of the molecule is COc1cccc(NC(=O)c2cn3cc(C)nc3cc2OC)n1. The van der Waals surface area contributed by atoms with Gasteiger partial charge in [0.25, 0.3) is 5.91 Å². The fraction of sp³-hybridized carbons (Fsp3) is 0.188. The Bertz CT molecular complexity index is 873. The first-order chi connectivity index (χ1) is 11.1. The first-order valence-corrected chi connectivity index (χ1v) is 6.96. The van der Waals surface area contributed by atoms with Gasteiger partial charge in [0.05, 0.1) is 25.5 Å². The van der Waals surface area contributed by atoms with Gasteiger partial charge in [0.1, 0.15) is 17.2 Å². The first kappa shape index (κ1) is 14.8. The van der Waals surface area contributed by atoms with Crippen molar-refractivity contribution >= 4 is 17.4 Å². The molecule has 1 N–H and O–H groups in total. The largest absolute Gasteiger partial charge is 0.496 e. The second-order valence-electron chi connectivity index (χ2n) is 4.92. The van der Waals surface area contributed by atoms with Gasteiger partial charge in [0.2, 0.25) is 5.88 Å². The highest BCUT2D eigenvalue weighted by Gasteiger charge is 2.16. The minimum absolute atomic E-state index is 0.323. The second kappa shape index (κ2) is 5.96. The van der Waals surface area contributed by atoms with Crippen molar-refractivity contribution in [2.75, 3.05) is 19.5 Å². The lowest BCUT2D eigenvalue weighted by Gasteiger charge is -2.10. The summed E-state index contributed by atoms with van der Waals surface area (Å²) in [5.74, 6) is 0.952. The molecule has 7 heteroatoms. The van der Waals surface area contributed by atoms with Crippen molar-refractivity contribution in [1.82, 2.24) is 14.4 Å². The zero-order valence-electron chi connectivity index (χ0n) is 13.0. The van der Waals surface area contributed by atoms with Gasteiger partial charge in [-0.1, -0.05) is 6.07 Å². The van der Waals surface area contributed by atoms with Crippen LogP contribution >= 0.6 is 0 Å². The molecular formula is C16H16N4O3. The van der Waals surface area contributed by atoms with Crippen molar-refractivity contribution in [3.05, 3.63) is 47.9 Å². The number of carbonyl (C=O) groups is 1. The van der Waals surface area contributed by atoms with Gasteiger partial charge in [-0.25, -0.2) is 4.98 Å². The lowest BCUT2D eigenvalue weighted by atomic mass is 10.2. The number of hydrogen-bond donors (Lipinski definition) is 1. The summed E-state index contributed by atoms with van der Waals surface area (Å²) in [7, 11) is 3.04. The number of fused-ring (bicyclic) bond motifs is 1. The number of methoxy groups -OCH3 is 2. The Hall–Kier alpha value is -3.09. The maximum atomic E-state index is 12.5. The molecule has 0 atom stereocenters. The van der Waals surface area contributed by atoms with Crippen LogP contribution in [-0.4, -0.2) is 34.5 Å². The molecule has 3 rings (SSSR count). The minimum atomic E-state index is -0.323. The second-order valence-corrected chi connectivity index (χ2v) is 4.92. The molecule has 7 nitrogen and oxygen atoms in total. The quantitative estimate of drug-likeness (QED) is 0.800. The number of aromatic nitrogens is 3. The summed E-state index contributed by atoms with van der Waals surface area (Å²) >= 11 is 0. The monoisotopic (exact) mass is 312 g/mol. The zero-order valence-corrected chi connectivity index (χ0v) is 13.0. The van der Waals surface area contributed by atoms with Crippen LogP contribution in [0.2, 0.25) is 0 Å². The van der Waals surface area contributed by atoms with Gasteiger partial charge >= 0.3 is 0 Å². The number of aryl methyl sites for hydroxylation is 1. The van der Waals surface area contributed by atoms with E-state index in [-0.39, 0.29) is 5.91 Å². The first-order valence-electron chi connectivity index (χ1n) is 6.96. The number of hydrogen-bond acceptors (Lipinski definition) is 5. The van der Waals surface area contributed by atoms with Crippen molar-refractivity contribution in [3.63, 3.8) is 0 Å². The lowest BCUT2D eigenvalue weighted by Crippen LogP contribution is -2.15. The van der Waals surface area contributed by atoms with Crippen LogP contribution in [0.15, 0.2) is 36.7 Å². The number of ether oxygens (including phenoxy) is 2. The van der Waals surface area contributed by atoms with Crippen LogP contribution < -0.4 is 14.8 Å². The van der Waals surface area contributed by atoms with Crippen LogP contribution in [-0.2, 0) is 0 Å². The third-order valence-corrected chi connectivity index (χ3v) is 3.31. The molecule has 23 heavy (non-hydrogen) atoms. The van der Waals surface area contributed by atoms with Gasteiger partial charge in [0, 0.05) is 24.5 Å². The summed E-state index contributed by atoms with van der Waals surface area (Å²) < 4.78 is 12.1. The van der Waals surface area contributed by atoms with Gasteiger partial charge in [-0.05, 0) is 13.0 Å². The Kier molecular flexibility index (Phi) is 3.84. The number of nitrogens with one attached hydrogen (secondary N) is 1. The molecule has 0 saturated carbocycles. The van der Waals surface area contributed by atoms with Crippen LogP contribution in [0.1, 0.15) is 16.1 Å². The lowest BCUT2D eigenvalue weighted by molar-refractivity contribution is 0.102. The van der Waals surface area contributed by atoms with Crippen LogP contribution in [0.25, 0.3) is 5.65 Å². The molecule has 3 aromatic heterocycles. The Morgan fingerprint density at radius 3 is 2.74 bits per heavy atom. The maximum Gasteiger partial charge on any atom is 0.262 e. The van der Waals surface area contributed by atoms with E-state index in [1.54, 1.807) is 34.9 Å². The molecule has 3 aromatic rings. The predicted octanol–water partition coefficient (Wildman–Crippen LogP) is 2.31. The van der Waals surface area contributed by atoms with Crippen LogP contribution in [0.4, 0.5) is 5.82 Å². The molecule has 0 aliphatic carbocycles. The van der Waals surface area contributed by atoms with Crippen molar-refractivity contribution in [2.24, 2.45) is 0 Å². The van der Waals surface area contributed by atoms with E-state index in [1.165, 1.54) is 14.2 Å². The Balaban J connectivity index is 1.95. The van der Waals surface area contributed by atoms with Gasteiger partial charge < -0.3 is 19.2 Å². The number of pyridine rings is 2. The highest BCUT2D eigenvalue weighted by molar-refractivity contribution is 6.05. The van der Waals surface area contributed by atoms with Gasteiger partial charge in [0.15, 0.2) is 0 Å². The molecule has 0 aromatic carbocycles. The number of carbonyl (C=O) groups excluding carboxylic acids is 1. The summed E-state index contributed by atoms with van der Waals surface area (Å²) in [6.07, 6.45) is 3.53. The van der Waals surface area contributed by atoms with E-state index in [0.29, 0.717) is 23.0 Å². The highest BCUT2D eigenvalue weighted by atomic mass is 16.5. The van der Waals surface area contributed by atoms with Crippen LogP contribution in [0.5, 0.6) is 11.6 Å². The van der Waals surface area contributed by atoms with Crippen LogP contribution in [0.3, 0.4) is 0 Å². The van der Waals surface area contributed by atoms with Gasteiger partial charge in [-0.15, -0.1) is 0 Å². The van der Waals surface area contributed by atoms with E-state index in [9.17, 15) is 4.79 Å². The Morgan fingerprint density at radius 2 is 2.00 bits per heavy atom. The zero-order chi connectivity index (χ0) is 16.4. The molecule has 0 bridgehead atoms. The number of rotatable bonds is 4. The van der Waals surface area contributed by atoms with Crippen molar-refractivity contribution in [1.29, 1.82) is 0 Å². The fourth-order valence-corrected chi connectivity index (χ4v) is 2.26. The Morgan fingerprint density at radius 1 is 1.17 bits per heavy atom. The van der Waals surface area contributed by atoms with Gasteiger partial charge in [-0.2, -0.15) is 4.98 Å². The van der Waals surface area contributed by atoms with E-state index < -0.39 is 0 Å². The smallest absolute Gasteiger partial charge is 0.262 e. The standard InChI is InChI=1S/C16H16N4O3/c1-10-8-20-9-11(12(22-2)7-14(20)17-10)16(21)19-13-5-4-6-15(18-13)23-3/h4-9H,1-3H3,(H,18,19,21). The van der Waals surface area contributed by atoms with E-state index in [4.69, 9.17) is 9.47 Å². The fourth-order valence-electron chi connectivity index (χ4n) is 2.26. The van der Waals surface area contributed by atoms with Crippen molar-refractivity contribution in [2.45, 2.75) is 6.92 Å². The molecule has 0 fully saturated rings. The third kappa shape index (κ3) is 2.94. The molecular weight excluding hydrogens is 296 g/mol. The molecule has 0 aliphatic heterocycles. The topological polar surface area (TPSA) is 77.8 Å². The normalized spacial score (nSPS) is 10.6. The molecule has 0 aliphatic rings. The molecule has 0 unspecified atom stereocenters. The van der Waals surface area contributed by atoms with E-state index in [1.807, 2.05) is 13.1 Å². The molecule has 0 spiro atoms. The number of amides is 1. The van der Waals surface area contributed by atoms with Crippen molar-refractivity contribution < 1.29 is 14.3 Å². The average molecular weight is 312 g/mol. The summed E-state index contributed by atoms with van der Waals surface area (Å²) in [6, 6.07) is 6.87. The summed E-state index contributed by atoms with van der Waals surface area (Å²) in [4.78, 5) is 21.1. The van der Waals surface area contributed by atoms with E-state index in [0.717, 1.165) is 11.3 Å². The van der Waals surface area contributed by atoms with E-state index >= 15 is 0 Å². The molecule has 118 valence electrons. The summed E-state index contributed by atoms with van der Waals surface area (Å²) in [5.41, 5.74) is 1.97. The van der Waals surface area contributed by atoms with Gasteiger partial charge in [-0.3, -0.25) is 4.79 Å².